The maximum Gasteiger partial charge on any atom is 0.269 e. The fourth-order valence-electron chi connectivity index (χ4n) is 3.72. The molecule has 2 heterocycles. The lowest BCUT2D eigenvalue weighted by molar-refractivity contribution is -0.384. The van der Waals surface area contributed by atoms with Crippen LogP contribution in [0, 0.1) is 17.0 Å². The standard InChI is InChI=1S/C23H22N4O4S/c1-15-19(13-26-12-4-6-16-5-2-3-7-20(16)26)24-23(25-22(15)29)32-14-21(28)17-8-10-18(11-9-17)27(30)31/h2-3,5,7-11H,4,6,12-14H2,1H3,(H,24,25,29). The van der Waals surface area contributed by atoms with Gasteiger partial charge < -0.3 is 9.88 Å². The molecule has 4 rings (SSSR count). The van der Waals surface area contributed by atoms with Crippen LogP contribution in [0.5, 0.6) is 0 Å². The first kappa shape index (κ1) is 21.8. The average Bonchev–Trinajstić information content (AvgIpc) is 2.80. The number of anilines is 1. The normalized spacial score (nSPS) is 13.0. The topological polar surface area (TPSA) is 109 Å². The summed E-state index contributed by atoms with van der Waals surface area (Å²) in [6, 6.07) is 13.8. The molecule has 0 radical (unpaired) electrons. The minimum absolute atomic E-state index is 0.0653. The summed E-state index contributed by atoms with van der Waals surface area (Å²) in [4.78, 5) is 44.8. The summed E-state index contributed by atoms with van der Waals surface area (Å²) in [6.45, 7) is 3.18. The Morgan fingerprint density at radius 3 is 2.72 bits per heavy atom. The van der Waals surface area contributed by atoms with Crippen molar-refractivity contribution >= 4 is 28.9 Å². The Hall–Kier alpha value is -3.46. The number of hydrogen-bond acceptors (Lipinski definition) is 7. The maximum atomic E-state index is 12.5. The Balaban J connectivity index is 1.49. The molecular formula is C23H22N4O4S. The number of nitro benzene ring substituents is 1. The van der Waals surface area contributed by atoms with E-state index in [4.69, 9.17) is 0 Å². The predicted octanol–water partition coefficient (Wildman–Crippen LogP) is 3.91. The first-order valence-electron chi connectivity index (χ1n) is 10.3. The number of thioether (sulfide) groups is 1. The number of carbonyl (C=O) groups is 1. The van der Waals surface area contributed by atoms with Gasteiger partial charge >= 0.3 is 0 Å². The summed E-state index contributed by atoms with van der Waals surface area (Å²) in [6.07, 6.45) is 2.09. The van der Waals surface area contributed by atoms with E-state index in [1.165, 1.54) is 35.5 Å². The highest BCUT2D eigenvalue weighted by atomic mass is 32.2. The fourth-order valence-corrected chi connectivity index (χ4v) is 4.50. The molecule has 0 aliphatic carbocycles. The van der Waals surface area contributed by atoms with Crippen LogP contribution in [0.2, 0.25) is 0 Å². The van der Waals surface area contributed by atoms with Gasteiger partial charge in [-0.2, -0.15) is 0 Å². The second-order valence-corrected chi connectivity index (χ2v) is 8.58. The van der Waals surface area contributed by atoms with Crippen LogP contribution in [-0.4, -0.2) is 33.0 Å². The number of para-hydroxylation sites is 1. The highest BCUT2D eigenvalue weighted by Gasteiger charge is 2.19. The maximum absolute atomic E-state index is 12.5. The molecular weight excluding hydrogens is 428 g/mol. The first-order valence-corrected chi connectivity index (χ1v) is 11.2. The van der Waals surface area contributed by atoms with Crippen molar-refractivity contribution < 1.29 is 9.72 Å². The molecule has 2 aromatic carbocycles. The number of aromatic amines is 1. The number of rotatable bonds is 7. The molecule has 0 saturated carbocycles. The van der Waals surface area contributed by atoms with Crippen molar-refractivity contribution in [3.05, 3.63) is 91.4 Å². The van der Waals surface area contributed by atoms with Gasteiger partial charge in [0, 0.05) is 35.5 Å². The molecule has 1 N–H and O–H groups in total. The summed E-state index contributed by atoms with van der Waals surface area (Å²) in [5.41, 5.74) is 3.82. The number of non-ortho nitro benzene ring substituents is 1. The second-order valence-electron chi connectivity index (χ2n) is 7.61. The molecule has 0 bridgehead atoms. The van der Waals surface area contributed by atoms with Gasteiger partial charge in [-0.15, -0.1) is 0 Å². The Kier molecular flexibility index (Phi) is 6.36. The van der Waals surface area contributed by atoms with Gasteiger partial charge in [0.05, 0.1) is 22.9 Å². The number of aryl methyl sites for hydroxylation is 1. The number of benzene rings is 2. The largest absolute Gasteiger partial charge is 0.365 e. The minimum atomic E-state index is -0.508. The number of nitrogens with zero attached hydrogens (tertiary/aromatic N) is 3. The smallest absolute Gasteiger partial charge is 0.269 e. The molecule has 164 valence electrons. The Labute approximate surface area is 188 Å². The molecule has 1 aliphatic heterocycles. The van der Waals surface area contributed by atoms with Crippen molar-refractivity contribution in [2.75, 3.05) is 17.2 Å². The van der Waals surface area contributed by atoms with Crippen LogP contribution < -0.4 is 10.5 Å². The quantitative estimate of drug-likeness (QED) is 0.191. The van der Waals surface area contributed by atoms with Crippen molar-refractivity contribution in [2.24, 2.45) is 0 Å². The lowest BCUT2D eigenvalue weighted by Crippen LogP contribution is -2.31. The summed E-state index contributed by atoms with van der Waals surface area (Å²) in [5.74, 6) is -0.130. The van der Waals surface area contributed by atoms with Gasteiger partial charge in [0.25, 0.3) is 11.2 Å². The SMILES string of the molecule is Cc1c(CN2CCCc3ccccc32)nc(SCC(=O)c2ccc([N+](=O)[O-])cc2)[nH]c1=O. The van der Waals surface area contributed by atoms with Gasteiger partial charge in [0.2, 0.25) is 0 Å². The zero-order chi connectivity index (χ0) is 22.7. The molecule has 0 atom stereocenters. The van der Waals surface area contributed by atoms with Crippen LogP contribution in [0.15, 0.2) is 58.5 Å². The molecule has 1 aliphatic rings. The zero-order valence-electron chi connectivity index (χ0n) is 17.5. The van der Waals surface area contributed by atoms with Gasteiger partial charge in [-0.25, -0.2) is 4.98 Å². The van der Waals surface area contributed by atoms with Gasteiger partial charge in [0.15, 0.2) is 10.9 Å². The fraction of sp³-hybridized carbons (Fsp3) is 0.261. The molecule has 0 fully saturated rings. The first-order chi connectivity index (χ1) is 15.4. The van der Waals surface area contributed by atoms with Crippen molar-refractivity contribution in [3.63, 3.8) is 0 Å². The summed E-state index contributed by atoms with van der Waals surface area (Å²) in [5, 5.41) is 11.2. The number of carbonyl (C=O) groups excluding carboxylic acids is 1. The molecule has 0 amide bonds. The van der Waals surface area contributed by atoms with Gasteiger partial charge in [-0.3, -0.25) is 19.7 Å². The van der Waals surface area contributed by atoms with E-state index in [1.807, 2.05) is 12.1 Å². The summed E-state index contributed by atoms with van der Waals surface area (Å²) >= 11 is 1.15. The summed E-state index contributed by atoms with van der Waals surface area (Å²) in [7, 11) is 0. The lowest BCUT2D eigenvalue weighted by atomic mass is 10.0. The number of Topliss-reactive ketones (excluding diaryl/α,β-unsaturated/α-hetero) is 1. The lowest BCUT2D eigenvalue weighted by Gasteiger charge is -2.31. The highest BCUT2D eigenvalue weighted by molar-refractivity contribution is 7.99. The summed E-state index contributed by atoms with van der Waals surface area (Å²) < 4.78 is 0. The molecule has 32 heavy (non-hydrogen) atoms. The van der Waals surface area contributed by atoms with Crippen molar-refractivity contribution in [3.8, 4) is 0 Å². The number of ketones is 1. The van der Waals surface area contributed by atoms with E-state index in [-0.39, 0.29) is 22.8 Å². The highest BCUT2D eigenvalue weighted by Crippen LogP contribution is 2.28. The van der Waals surface area contributed by atoms with E-state index < -0.39 is 4.92 Å². The van der Waals surface area contributed by atoms with E-state index in [0.717, 1.165) is 31.1 Å². The molecule has 9 heteroatoms. The van der Waals surface area contributed by atoms with Crippen LogP contribution in [-0.2, 0) is 13.0 Å². The molecule has 0 unspecified atom stereocenters. The second kappa shape index (κ2) is 9.35. The van der Waals surface area contributed by atoms with Gasteiger partial charge in [-0.1, -0.05) is 30.0 Å². The van der Waals surface area contributed by atoms with E-state index in [9.17, 15) is 19.7 Å². The van der Waals surface area contributed by atoms with Crippen LogP contribution in [0.25, 0.3) is 0 Å². The monoisotopic (exact) mass is 450 g/mol. The van der Waals surface area contributed by atoms with Gasteiger partial charge in [-0.05, 0) is 43.5 Å². The van der Waals surface area contributed by atoms with Crippen molar-refractivity contribution in [1.82, 2.24) is 9.97 Å². The van der Waals surface area contributed by atoms with Crippen LogP contribution >= 0.6 is 11.8 Å². The predicted molar refractivity (Wildman–Crippen MR) is 124 cm³/mol. The third-order valence-electron chi connectivity index (χ3n) is 5.52. The number of fused-ring (bicyclic) bond motifs is 1. The number of hydrogen-bond donors (Lipinski definition) is 1. The molecule has 3 aromatic rings. The molecule has 0 spiro atoms. The third kappa shape index (κ3) is 4.72. The third-order valence-corrected chi connectivity index (χ3v) is 6.39. The number of aromatic nitrogens is 2. The van der Waals surface area contributed by atoms with E-state index in [2.05, 4.69) is 27.0 Å². The van der Waals surface area contributed by atoms with E-state index in [1.54, 1.807) is 6.92 Å². The van der Waals surface area contributed by atoms with E-state index in [0.29, 0.717) is 28.5 Å². The Morgan fingerprint density at radius 2 is 1.97 bits per heavy atom. The van der Waals surface area contributed by atoms with Gasteiger partial charge in [0.1, 0.15) is 0 Å². The van der Waals surface area contributed by atoms with Crippen molar-refractivity contribution in [2.45, 2.75) is 31.5 Å². The average molecular weight is 451 g/mol. The van der Waals surface area contributed by atoms with Crippen molar-refractivity contribution in [1.29, 1.82) is 0 Å². The van der Waals surface area contributed by atoms with Crippen LogP contribution in [0.4, 0.5) is 11.4 Å². The van der Waals surface area contributed by atoms with E-state index >= 15 is 0 Å². The number of nitrogens with one attached hydrogen (secondary N) is 1. The Morgan fingerprint density at radius 1 is 1.22 bits per heavy atom. The zero-order valence-corrected chi connectivity index (χ0v) is 18.4. The number of nitro groups is 1. The minimum Gasteiger partial charge on any atom is -0.365 e. The van der Waals surface area contributed by atoms with Crippen LogP contribution in [0.1, 0.15) is 33.6 Å². The molecule has 0 saturated heterocycles. The molecule has 1 aromatic heterocycles. The van der Waals surface area contributed by atoms with Crippen LogP contribution in [0.3, 0.4) is 0 Å². The number of H-pyrrole nitrogens is 1. The Bertz CT molecular complexity index is 1220. The molecule has 8 nitrogen and oxygen atoms in total.